The highest BCUT2D eigenvalue weighted by Crippen LogP contribution is 2.32. The molecule has 25 heavy (non-hydrogen) atoms. The largest absolute Gasteiger partial charge is 0.434 e. The zero-order chi connectivity index (χ0) is 18.2. The summed E-state index contributed by atoms with van der Waals surface area (Å²) in [5.41, 5.74) is -0.606. The fourth-order valence-electron chi connectivity index (χ4n) is 2.50. The standard InChI is InChI=1S/C16H14F3N3O2S/c1-25(23,24)13-6-4-12(5-7-13)22-10-14(16(17,18)19)21-15(22)11-3-2-8-20-9-11/h2-8,10-11H,9H2,1H3. The van der Waals surface area contributed by atoms with Crippen LogP contribution in [0.3, 0.4) is 0 Å². The van der Waals surface area contributed by atoms with Crippen molar-refractivity contribution in [3.05, 3.63) is 54.1 Å². The molecule has 0 amide bonds. The molecule has 1 unspecified atom stereocenters. The van der Waals surface area contributed by atoms with Crippen molar-refractivity contribution < 1.29 is 21.6 Å². The number of dihydropyridines is 1. The second-order valence-corrected chi connectivity index (χ2v) is 7.64. The zero-order valence-corrected chi connectivity index (χ0v) is 13.9. The summed E-state index contributed by atoms with van der Waals surface area (Å²) in [6.45, 7) is 0.298. The number of aromatic nitrogens is 2. The number of rotatable bonds is 3. The van der Waals surface area contributed by atoms with Gasteiger partial charge in [0.05, 0.1) is 17.4 Å². The lowest BCUT2D eigenvalue weighted by Gasteiger charge is -2.15. The summed E-state index contributed by atoms with van der Waals surface area (Å²) in [6.07, 6.45) is 2.38. The van der Waals surface area contributed by atoms with Crippen LogP contribution >= 0.6 is 0 Å². The van der Waals surface area contributed by atoms with Crippen LogP contribution in [0.4, 0.5) is 13.2 Å². The van der Waals surface area contributed by atoms with E-state index >= 15 is 0 Å². The number of hydrogen-bond donors (Lipinski definition) is 0. The third-order valence-corrected chi connectivity index (χ3v) is 4.86. The number of imidazole rings is 1. The van der Waals surface area contributed by atoms with Crippen LogP contribution in [0.1, 0.15) is 17.4 Å². The van der Waals surface area contributed by atoms with Crippen LogP contribution in [-0.4, -0.2) is 37.0 Å². The smallest absolute Gasteiger partial charge is 0.303 e. The first-order valence-electron chi connectivity index (χ1n) is 7.30. The van der Waals surface area contributed by atoms with E-state index in [1.54, 1.807) is 18.4 Å². The highest BCUT2D eigenvalue weighted by molar-refractivity contribution is 7.90. The van der Waals surface area contributed by atoms with Gasteiger partial charge < -0.3 is 4.57 Å². The number of hydrogen-bond acceptors (Lipinski definition) is 4. The summed E-state index contributed by atoms with van der Waals surface area (Å²) in [6, 6.07) is 5.63. The number of halogens is 3. The van der Waals surface area contributed by atoms with Gasteiger partial charge in [0, 0.05) is 24.4 Å². The Kier molecular flexibility index (Phi) is 4.28. The van der Waals surface area contributed by atoms with Crippen LogP contribution in [0.2, 0.25) is 0 Å². The van der Waals surface area contributed by atoms with Gasteiger partial charge in [0.2, 0.25) is 0 Å². The van der Waals surface area contributed by atoms with Crippen molar-refractivity contribution >= 4 is 16.1 Å². The quantitative estimate of drug-likeness (QED) is 0.835. The van der Waals surface area contributed by atoms with Crippen LogP contribution < -0.4 is 0 Å². The van der Waals surface area contributed by atoms with Crippen molar-refractivity contribution in [2.24, 2.45) is 4.99 Å². The monoisotopic (exact) mass is 369 g/mol. The molecular formula is C16H14F3N3O2S. The molecule has 0 saturated carbocycles. The van der Waals surface area contributed by atoms with Crippen molar-refractivity contribution in [3.63, 3.8) is 0 Å². The fraction of sp³-hybridized carbons (Fsp3) is 0.250. The van der Waals surface area contributed by atoms with Gasteiger partial charge in [-0.25, -0.2) is 13.4 Å². The predicted molar refractivity (Wildman–Crippen MR) is 86.9 cm³/mol. The average Bonchev–Trinajstić information content (AvgIpc) is 3.00. The number of aliphatic imine (C=N–C) groups is 1. The van der Waals surface area contributed by atoms with Gasteiger partial charge in [-0.15, -0.1) is 0 Å². The van der Waals surface area contributed by atoms with Crippen LogP contribution in [0.15, 0.2) is 52.5 Å². The summed E-state index contributed by atoms with van der Waals surface area (Å²) >= 11 is 0. The van der Waals surface area contributed by atoms with Gasteiger partial charge >= 0.3 is 6.18 Å². The lowest BCUT2D eigenvalue weighted by atomic mass is 10.1. The van der Waals surface area contributed by atoms with Gasteiger partial charge in [-0.05, 0) is 30.3 Å². The number of alkyl halides is 3. The molecule has 0 aliphatic carbocycles. The molecule has 1 atom stereocenters. The van der Waals surface area contributed by atoms with Gasteiger partial charge in [-0.1, -0.05) is 6.08 Å². The Balaban J connectivity index is 2.09. The minimum atomic E-state index is -4.58. The topological polar surface area (TPSA) is 64.3 Å². The van der Waals surface area contributed by atoms with Crippen LogP contribution in [0.5, 0.6) is 0 Å². The van der Waals surface area contributed by atoms with E-state index in [9.17, 15) is 21.6 Å². The Morgan fingerprint density at radius 1 is 1.20 bits per heavy atom. The van der Waals surface area contributed by atoms with E-state index in [2.05, 4.69) is 9.98 Å². The number of sulfone groups is 1. The predicted octanol–water partition coefficient (Wildman–Crippen LogP) is 3.02. The highest BCUT2D eigenvalue weighted by atomic mass is 32.2. The summed E-state index contributed by atoms with van der Waals surface area (Å²) in [5.74, 6) is -0.191. The molecule has 0 saturated heterocycles. The molecule has 0 spiro atoms. The first kappa shape index (κ1) is 17.4. The van der Waals surface area contributed by atoms with Crippen molar-refractivity contribution in [1.29, 1.82) is 0 Å². The van der Waals surface area contributed by atoms with E-state index in [0.29, 0.717) is 12.2 Å². The molecule has 0 radical (unpaired) electrons. The first-order valence-corrected chi connectivity index (χ1v) is 9.19. The fourth-order valence-corrected chi connectivity index (χ4v) is 3.13. The number of allylic oxidation sites excluding steroid dienone is 1. The van der Waals surface area contributed by atoms with Crippen molar-refractivity contribution in [2.75, 3.05) is 12.8 Å². The molecule has 2 heterocycles. The molecule has 9 heteroatoms. The third-order valence-electron chi connectivity index (χ3n) is 3.74. The Labute approximate surface area is 142 Å². The van der Waals surface area contributed by atoms with Gasteiger partial charge in [0.1, 0.15) is 5.82 Å². The summed E-state index contributed by atoms with van der Waals surface area (Å²) in [5, 5.41) is 0. The van der Waals surface area contributed by atoms with E-state index in [1.165, 1.54) is 28.8 Å². The summed E-state index contributed by atoms with van der Waals surface area (Å²) < 4.78 is 63.6. The second kappa shape index (κ2) is 6.14. The molecule has 1 aliphatic rings. The molecule has 0 fully saturated rings. The maximum Gasteiger partial charge on any atom is 0.434 e. The minimum absolute atomic E-state index is 0.0936. The van der Waals surface area contributed by atoms with Gasteiger partial charge in [0.15, 0.2) is 15.5 Å². The minimum Gasteiger partial charge on any atom is -0.303 e. The van der Waals surface area contributed by atoms with Crippen molar-refractivity contribution in [3.8, 4) is 5.69 Å². The SMILES string of the molecule is CS(=O)(=O)c1ccc(-n2cc(C(F)(F)F)nc2C2C=CC=NC2)cc1. The van der Waals surface area contributed by atoms with Crippen LogP contribution in [-0.2, 0) is 16.0 Å². The lowest BCUT2D eigenvalue weighted by molar-refractivity contribution is -0.141. The number of nitrogens with zero attached hydrogens (tertiary/aromatic N) is 3. The number of benzene rings is 1. The van der Waals surface area contributed by atoms with E-state index in [0.717, 1.165) is 12.5 Å². The van der Waals surface area contributed by atoms with E-state index < -0.39 is 27.6 Å². The maximum absolute atomic E-state index is 13.1. The molecule has 1 aromatic heterocycles. The lowest BCUT2D eigenvalue weighted by Crippen LogP contribution is -2.11. The molecule has 5 nitrogen and oxygen atoms in total. The summed E-state index contributed by atoms with van der Waals surface area (Å²) in [4.78, 5) is 7.90. The molecule has 3 rings (SSSR count). The Morgan fingerprint density at radius 3 is 2.40 bits per heavy atom. The van der Waals surface area contributed by atoms with Gasteiger partial charge in [-0.3, -0.25) is 4.99 Å². The van der Waals surface area contributed by atoms with Crippen molar-refractivity contribution in [2.45, 2.75) is 17.0 Å². The van der Waals surface area contributed by atoms with E-state index in [1.807, 2.05) is 0 Å². The molecular weight excluding hydrogens is 355 g/mol. The zero-order valence-electron chi connectivity index (χ0n) is 13.1. The molecule has 1 aromatic carbocycles. The Hall–Kier alpha value is -2.42. The van der Waals surface area contributed by atoms with Gasteiger partial charge in [-0.2, -0.15) is 13.2 Å². The summed E-state index contributed by atoms with van der Waals surface area (Å²) in [7, 11) is -3.39. The van der Waals surface area contributed by atoms with E-state index in [-0.39, 0.29) is 10.7 Å². The molecule has 0 N–H and O–H groups in total. The molecule has 1 aliphatic heterocycles. The highest BCUT2D eigenvalue weighted by Gasteiger charge is 2.36. The van der Waals surface area contributed by atoms with Crippen LogP contribution in [0, 0.1) is 0 Å². The average molecular weight is 369 g/mol. The Bertz CT molecular complexity index is 942. The van der Waals surface area contributed by atoms with Gasteiger partial charge in [0.25, 0.3) is 0 Å². The third kappa shape index (κ3) is 3.65. The first-order chi connectivity index (χ1) is 11.7. The second-order valence-electron chi connectivity index (χ2n) is 5.62. The van der Waals surface area contributed by atoms with Crippen molar-refractivity contribution in [1.82, 2.24) is 9.55 Å². The molecule has 0 bridgehead atoms. The normalized spacial score (nSPS) is 17.8. The van der Waals surface area contributed by atoms with E-state index in [4.69, 9.17) is 0 Å². The molecule has 132 valence electrons. The Morgan fingerprint density at radius 2 is 1.88 bits per heavy atom. The maximum atomic E-state index is 13.1. The van der Waals surface area contributed by atoms with Crippen LogP contribution in [0.25, 0.3) is 5.69 Å². The molecule has 2 aromatic rings.